The number of nitrogens with one attached hydrogen (secondary N) is 2. The van der Waals surface area contributed by atoms with E-state index in [0.717, 1.165) is 25.7 Å². The molecule has 0 bridgehead atoms. The van der Waals surface area contributed by atoms with Gasteiger partial charge in [0.2, 0.25) is 0 Å². The maximum absolute atomic E-state index is 12.7. The second kappa shape index (κ2) is 13.6. The number of rotatable bonds is 14. The minimum absolute atomic E-state index is 0.00692. The topological polar surface area (TPSA) is 95.1 Å². The SMILES string of the molecule is C=CCOCC(CC)(COCC=C)COC(=O)NC1CC(C)(C)CC(C)(CNC(=O)OC)C1. The van der Waals surface area contributed by atoms with Crippen LogP contribution in [0.2, 0.25) is 0 Å². The minimum atomic E-state index is -0.453. The molecule has 0 spiro atoms. The summed E-state index contributed by atoms with van der Waals surface area (Å²) in [5, 5.41) is 5.85. The lowest BCUT2D eigenvalue weighted by Gasteiger charge is -2.46. The van der Waals surface area contributed by atoms with Gasteiger partial charge in [-0.25, -0.2) is 9.59 Å². The number of hydrogen-bond acceptors (Lipinski definition) is 6. The Morgan fingerprint density at radius 1 is 1.03 bits per heavy atom. The van der Waals surface area contributed by atoms with Crippen LogP contribution in [0.4, 0.5) is 9.59 Å². The van der Waals surface area contributed by atoms with Crippen molar-refractivity contribution < 1.29 is 28.5 Å². The molecule has 0 heterocycles. The third-order valence-electron chi connectivity index (χ3n) is 6.16. The van der Waals surface area contributed by atoms with E-state index in [4.69, 9.17) is 18.9 Å². The summed E-state index contributed by atoms with van der Waals surface area (Å²) in [5.41, 5.74) is -0.612. The zero-order valence-electron chi connectivity index (χ0n) is 21.2. The first-order valence-electron chi connectivity index (χ1n) is 11.6. The highest BCUT2D eigenvalue weighted by atomic mass is 16.6. The van der Waals surface area contributed by atoms with E-state index in [1.807, 2.05) is 6.92 Å². The van der Waals surface area contributed by atoms with Gasteiger partial charge < -0.3 is 29.6 Å². The summed E-state index contributed by atoms with van der Waals surface area (Å²) in [6, 6.07) is -0.0595. The summed E-state index contributed by atoms with van der Waals surface area (Å²) in [5.74, 6) is 0. The van der Waals surface area contributed by atoms with E-state index in [-0.39, 0.29) is 23.5 Å². The van der Waals surface area contributed by atoms with Gasteiger partial charge in [-0.2, -0.15) is 0 Å². The molecule has 2 atom stereocenters. The van der Waals surface area contributed by atoms with E-state index >= 15 is 0 Å². The lowest BCUT2D eigenvalue weighted by molar-refractivity contribution is -0.0470. The van der Waals surface area contributed by atoms with E-state index in [2.05, 4.69) is 44.6 Å². The third-order valence-corrected chi connectivity index (χ3v) is 6.16. The Morgan fingerprint density at radius 2 is 1.64 bits per heavy atom. The summed E-state index contributed by atoms with van der Waals surface area (Å²) < 4.78 is 21.7. The molecule has 0 aromatic rings. The van der Waals surface area contributed by atoms with Crippen LogP contribution in [0.15, 0.2) is 25.3 Å². The molecule has 0 aromatic carbocycles. The normalized spacial score (nSPS) is 22.2. The monoisotopic (exact) mass is 468 g/mol. The van der Waals surface area contributed by atoms with Gasteiger partial charge in [0.05, 0.1) is 39.0 Å². The number of carbonyl (C=O) groups excluding carboxylic acids is 2. The van der Waals surface area contributed by atoms with Gasteiger partial charge in [-0.1, -0.05) is 39.8 Å². The molecule has 1 rings (SSSR count). The molecule has 190 valence electrons. The molecule has 2 unspecified atom stereocenters. The fourth-order valence-corrected chi connectivity index (χ4v) is 4.80. The molecule has 1 fully saturated rings. The Labute approximate surface area is 199 Å². The van der Waals surface area contributed by atoms with E-state index in [1.165, 1.54) is 7.11 Å². The third kappa shape index (κ3) is 10.6. The van der Waals surface area contributed by atoms with Crippen LogP contribution in [0.5, 0.6) is 0 Å². The molecule has 0 radical (unpaired) electrons. The second-order valence-electron chi connectivity index (χ2n) is 10.3. The Kier molecular flexibility index (Phi) is 11.9. The van der Waals surface area contributed by atoms with Gasteiger partial charge in [0.1, 0.15) is 6.61 Å². The van der Waals surface area contributed by atoms with Gasteiger partial charge in [0, 0.05) is 12.6 Å². The molecular weight excluding hydrogens is 424 g/mol. The fourth-order valence-electron chi connectivity index (χ4n) is 4.80. The molecule has 0 aliphatic heterocycles. The molecule has 1 aliphatic carbocycles. The minimum Gasteiger partial charge on any atom is -0.453 e. The number of alkyl carbamates (subject to hydrolysis) is 2. The molecule has 1 saturated carbocycles. The maximum atomic E-state index is 12.7. The van der Waals surface area contributed by atoms with E-state index in [0.29, 0.717) is 33.0 Å². The molecule has 33 heavy (non-hydrogen) atoms. The van der Waals surface area contributed by atoms with Crippen LogP contribution < -0.4 is 10.6 Å². The predicted octanol–water partition coefficient (Wildman–Crippen LogP) is 4.46. The van der Waals surface area contributed by atoms with Crippen LogP contribution in [0.1, 0.15) is 53.4 Å². The number of ether oxygens (including phenoxy) is 4. The van der Waals surface area contributed by atoms with Crippen molar-refractivity contribution in [2.24, 2.45) is 16.2 Å². The van der Waals surface area contributed by atoms with Gasteiger partial charge in [-0.3, -0.25) is 0 Å². The first-order valence-corrected chi connectivity index (χ1v) is 11.6. The van der Waals surface area contributed by atoms with Crippen LogP contribution >= 0.6 is 0 Å². The van der Waals surface area contributed by atoms with Gasteiger partial charge >= 0.3 is 12.2 Å². The van der Waals surface area contributed by atoms with Crippen molar-refractivity contribution in [2.75, 3.05) is 46.7 Å². The van der Waals surface area contributed by atoms with Crippen molar-refractivity contribution >= 4 is 12.2 Å². The average Bonchev–Trinajstić information content (AvgIpc) is 2.74. The molecule has 2 amide bonds. The van der Waals surface area contributed by atoms with Crippen molar-refractivity contribution in [3.05, 3.63) is 25.3 Å². The molecule has 0 aromatic heterocycles. The highest BCUT2D eigenvalue weighted by Crippen LogP contribution is 2.45. The summed E-state index contributed by atoms with van der Waals surface area (Å²) >= 11 is 0. The number of hydrogen-bond donors (Lipinski definition) is 2. The van der Waals surface area contributed by atoms with Crippen molar-refractivity contribution in [2.45, 2.75) is 59.4 Å². The first-order chi connectivity index (χ1) is 15.5. The molecule has 2 N–H and O–H groups in total. The Bertz CT molecular complexity index is 637. The van der Waals surface area contributed by atoms with E-state index < -0.39 is 17.6 Å². The largest absolute Gasteiger partial charge is 0.453 e. The Morgan fingerprint density at radius 3 is 2.15 bits per heavy atom. The lowest BCUT2D eigenvalue weighted by Crippen LogP contribution is -2.51. The molecule has 8 heteroatoms. The van der Waals surface area contributed by atoms with E-state index in [1.54, 1.807) is 12.2 Å². The summed E-state index contributed by atoms with van der Waals surface area (Å²) in [6.07, 6.45) is 5.70. The smallest absolute Gasteiger partial charge is 0.407 e. The van der Waals surface area contributed by atoms with Gasteiger partial charge in [-0.05, 0) is 36.5 Å². The highest BCUT2D eigenvalue weighted by Gasteiger charge is 2.42. The Hall–Kier alpha value is -2.06. The zero-order valence-corrected chi connectivity index (χ0v) is 21.2. The quantitative estimate of drug-likeness (QED) is 0.289. The first kappa shape index (κ1) is 29.0. The molecule has 0 saturated heterocycles. The average molecular weight is 469 g/mol. The number of amides is 2. The predicted molar refractivity (Wildman–Crippen MR) is 129 cm³/mol. The molecule has 1 aliphatic rings. The molecular formula is C25H44N2O6. The lowest BCUT2D eigenvalue weighted by atomic mass is 9.62. The van der Waals surface area contributed by atoms with Gasteiger partial charge in [0.25, 0.3) is 0 Å². The zero-order chi connectivity index (χ0) is 25.0. The summed E-state index contributed by atoms with van der Waals surface area (Å²) in [7, 11) is 1.35. The van der Waals surface area contributed by atoms with Crippen LogP contribution in [0, 0.1) is 16.2 Å². The van der Waals surface area contributed by atoms with Gasteiger partial charge in [-0.15, -0.1) is 13.2 Å². The van der Waals surface area contributed by atoms with Crippen LogP contribution in [0.25, 0.3) is 0 Å². The van der Waals surface area contributed by atoms with Crippen molar-refractivity contribution in [3.63, 3.8) is 0 Å². The highest BCUT2D eigenvalue weighted by molar-refractivity contribution is 5.68. The second-order valence-corrected chi connectivity index (χ2v) is 10.3. The van der Waals surface area contributed by atoms with Gasteiger partial charge in [0.15, 0.2) is 0 Å². The number of carbonyl (C=O) groups is 2. The Balaban J connectivity index is 2.74. The maximum Gasteiger partial charge on any atom is 0.407 e. The van der Waals surface area contributed by atoms with Crippen molar-refractivity contribution in [3.8, 4) is 0 Å². The van der Waals surface area contributed by atoms with Crippen molar-refractivity contribution in [1.29, 1.82) is 0 Å². The summed E-state index contributed by atoms with van der Waals surface area (Å²) in [4.78, 5) is 24.3. The van der Waals surface area contributed by atoms with E-state index in [9.17, 15) is 9.59 Å². The van der Waals surface area contributed by atoms with Crippen LogP contribution in [0.3, 0.4) is 0 Å². The van der Waals surface area contributed by atoms with Crippen LogP contribution in [-0.4, -0.2) is 64.9 Å². The van der Waals surface area contributed by atoms with Crippen LogP contribution in [-0.2, 0) is 18.9 Å². The number of methoxy groups -OCH3 is 1. The molecule has 8 nitrogen and oxygen atoms in total. The summed E-state index contributed by atoms with van der Waals surface area (Å²) in [6.45, 7) is 18.2. The standard InChI is InChI=1S/C25H44N2O6/c1-8-11-31-17-25(10-3,18-32-12-9-2)19-33-22(29)27-20-13-23(4,5)15-24(6,14-20)16-26-21(28)30-7/h8-9,20H,1-2,10-19H2,3-7H3,(H,26,28)(H,27,29). The van der Waals surface area contributed by atoms with Crippen molar-refractivity contribution in [1.82, 2.24) is 10.6 Å². The fraction of sp³-hybridized carbons (Fsp3) is 0.760.